The molecule has 0 fully saturated rings. The van der Waals surface area contributed by atoms with Crippen LogP contribution in [0.5, 0.6) is 5.88 Å². The van der Waals surface area contributed by atoms with Gasteiger partial charge in [-0.1, -0.05) is 0 Å². The van der Waals surface area contributed by atoms with Crippen LogP contribution >= 0.6 is 0 Å². The maximum absolute atomic E-state index is 13.5. The molecule has 2 N–H and O–H groups in total. The molecule has 0 aliphatic heterocycles. The van der Waals surface area contributed by atoms with Crippen molar-refractivity contribution in [3.05, 3.63) is 48.3 Å². The fourth-order valence-corrected chi connectivity index (χ4v) is 2.54. The first kappa shape index (κ1) is 15.9. The number of anilines is 2. The lowest BCUT2D eigenvalue weighted by Gasteiger charge is -2.12. The molecule has 0 saturated heterocycles. The average Bonchev–Trinajstić information content (AvgIpc) is 3.27. The minimum Gasteiger partial charge on any atom is -0.481 e. The Morgan fingerprint density at radius 3 is 2.88 bits per heavy atom. The van der Waals surface area contributed by atoms with E-state index in [9.17, 15) is 4.39 Å². The summed E-state index contributed by atoms with van der Waals surface area (Å²) in [6, 6.07) is 4.07. The predicted octanol–water partition coefficient (Wildman–Crippen LogP) is 2.44. The number of methoxy groups -OCH3 is 1. The third kappa shape index (κ3) is 2.92. The molecular formula is C16H15FN8O. The lowest BCUT2D eigenvalue weighted by molar-refractivity contribution is 0.397. The van der Waals surface area contributed by atoms with Gasteiger partial charge in [0, 0.05) is 12.3 Å². The monoisotopic (exact) mass is 354 g/mol. The Bertz CT molecular complexity index is 1060. The van der Waals surface area contributed by atoms with E-state index in [1.165, 1.54) is 18.3 Å². The average molecular weight is 354 g/mol. The van der Waals surface area contributed by atoms with Crippen molar-refractivity contribution in [2.45, 2.75) is 13.0 Å². The molecule has 4 aromatic rings. The maximum atomic E-state index is 13.5. The number of fused-ring (bicyclic) bond motifs is 1. The van der Waals surface area contributed by atoms with E-state index in [0.29, 0.717) is 34.4 Å². The molecule has 1 atom stereocenters. The minimum absolute atomic E-state index is 0.307. The highest BCUT2D eigenvalue weighted by Gasteiger charge is 2.16. The van der Waals surface area contributed by atoms with Gasteiger partial charge in [0.15, 0.2) is 17.3 Å². The number of nitrogens with zero attached hydrogens (tertiary/aromatic N) is 6. The van der Waals surface area contributed by atoms with Crippen molar-refractivity contribution in [3.63, 3.8) is 0 Å². The van der Waals surface area contributed by atoms with Gasteiger partial charge >= 0.3 is 0 Å². The molecule has 0 saturated carbocycles. The lowest BCUT2D eigenvalue weighted by atomic mass is 10.2. The highest BCUT2D eigenvalue weighted by atomic mass is 19.1. The quantitative estimate of drug-likeness (QED) is 0.567. The molecule has 0 spiro atoms. The molecule has 0 radical (unpaired) electrons. The first-order valence-corrected chi connectivity index (χ1v) is 7.82. The standard InChI is InChI=1S/C16H15FN8O/c1-9(11-5-10(17)3-4-18-11)25-16-12(7-20-25)19-8-14(22-16)21-13-6-15(26-2)24-23-13/h3-9H,1-2H3,(H2,21,22,23,24)/t9-/m0/s1. The van der Waals surface area contributed by atoms with Crippen molar-refractivity contribution in [2.24, 2.45) is 0 Å². The number of pyridine rings is 1. The Morgan fingerprint density at radius 1 is 1.23 bits per heavy atom. The predicted molar refractivity (Wildman–Crippen MR) is 91.8 cm³/mol. The summed E-state index contributed by atoms with van der Waals surface area (Å²) in [7, 11) is 1.55. The van der Waals surface area contributed by atoms with Crippen LogP contribution in [0.2, 0.25) is 0 Å². The van der Waals surface area contributed by atoms with Gasteiger partial charge in [0.05, 0.1) is 31.2 Å². The number of halogens is 1. The van der Waals surface area contributed by atoms with Crippen LogP contribution in [0.1, 0.15) is 18.7 Å². The first-order valence-electron chi connectivity index (χ1n) is 7.82. The van der Waals surface area contributed by atoms with Crippen molar-refractivity contribution in [1.29, 1.82) is 0 Å². The molecule has 0 aromatic carbocycles. The number of ether oxygens (including phenoxy) is 1. The van der Waals surface area contributed by atoms with Gasteiger partial charge in [0.2, 0.25) is 5.88 Å². The Hall–Kier alpha value is -3.56. The van der Waals surface area contributed by atoms with Gasteiger partial charge < -0.3 is 10.1 Å². The van der Waals surface area contributed by atoms with Crippen LogP contribution in [0, 0.1) is 5.82 Å². The zero-order valence-corrected chi connectivity index (χ0v) is 14.0. The zero-order valence-electron chi connectivity index (χ0n) is 14.0. The maximum Gasteiger partial charge on any atom is 0.210 e. The van der Waals surface area contributed by atoms with Gasteiger partial charge in [0.25, 0.3) is 0 Å². The second-order valence-corrected chi connectivity index (χ2v) is 5.57. The van der Waals surface area contributed by atoms with Crippen molar-refractivity contribution in [2.75, 3.05) is 12.4 Å². The summed E-state index contributed by atoms with van der Waals surface area (Å²) in [6.45, 7) is 1.87. The van der Waals surface area contributed by atoms with E-state index in [2.05, 4.69) is 35.6 Å². The number of aromatic amines is 1. The smallest absolute Gasteiger partial charge is 0.210 e. The van der Waals surface area contributed by atoms with Crippen LogP contribution in [0.25, 0.3) is 11.2 Å². The van der Waals surface area contributed by atoms with Crippen LogP contribution in [0.4, 0.5) is 16.0 Å². The first-order chi connectivity index (χ1) is 12.6. The third-order valence-corrected chi connectivity index (χ3v) is 3.87. The number of aromatic nitrogens is 7. The lowest BCUT2D eigenvalue weighted by Crippen LogP contribution is -2.11. The number of rotatable bonds is 5. The minimum atomic E-state index is -0.348. The number of nitrogens with one attached hydrogen (secondary N) is 2. The van der Waals surface area contributed by atoms with E-state index in [1.54, 1.807) is 30.3 Å². The van der Waals surface area contributed by atoms with Crippen molar-refractivity contribution < 1.29 is 9.13 Å². The van der Waals surface area contributed by atoms with Crippen LogP contribution in [0.3, 0.4) is 0 Å². The zero-order chi connectivity index (χ0) is 18.1. The fourth-order valence-electron chi connectivity index (χ4n) is 2.54. The molecule has 0 aliphatic carbocycles. The number of hydrogen-bond donors (Lipinski definition) is 2. The highest BCUT2D eigenvalue weighted by Crippen LogP contribution is 2.22. The largest absolute Gasteiger partial charge is 0.481 e. The molecule has 0 aliphatic rings. The number of hydrogen-bond acceptors (Lipinski definition) is 7. The Morgan fingerprint density at radius 2 is 2.12 bits per heavy atom. The molecule has 4 aromatic heterocycles. The van der Waals surface area contributed by atoms with E-state index >= 15 is 0 Å². The second-order valence-electron chi connectivity index (χ2n) is 5.57. The molecule has 4 rings (SSSR count). The van der Waals surface area contributed by atoms with Crippen LogP contribution in [-0.2, 0) is 0 Å². The van der Waals surface area contributed by atoms with Crippen molar-refractivity contribution in [3.8, 4) is 5.88 Å². The van der Waals surface area contributed by atoms with E-state index < -0.39 is 0 Å². The highest BCUT2D eigenvalue weighted by molar-refractivity contribution is 5.72. The summed E-state index contributed by atoms with van der Waals surface area (Å²) < 4.78 is 20.2. The normalized spacial score (nSPS) is 12.3. The number of H-pyrrole nitrogens is 1. The van der Waals surface area contributed by atoms with E-state index in [-0.39, 0.29) is 11.9 Å². The Labute approximate surface area is 147 Å². The summed E-state index contributed by atoms with van der Waals surface area (Å²) in [5, 5.41) is 14.2. The Kier molecular flexibility index (Phi) is 3.92. The van der Waals surface area contributed by atoms with Gasteiger partial charge in [-0.25, -0.2) is 24.1 Å². The summed E-state index contributed by atoms with van der Waals surface area (Å²) in [5.41, 5.74) is 1.72. The van der Waals surface area contributed by atoms with Gasteiger partial charge in [0.1, 0.15) is 11.3 Å². The van der Waals surface area contributed by atoms with Gasteiger partial charge in [-0.2, -0.15) is 10.2 Å². The van der Waals surface area contributed by atoms with E-state index in [0.717, 1.165) is 0 Å². The van der Waals surface area contributed by atoms with Crippen molar-refractivity contribution in [1.82, 2.24) is 34.9 Å². The van der Waals surface area contributed by atoms with Gasteiger partial charge in [-0.05, 0) is 19.1 Å². The van der Waals surface area contributed by atoms with E-state index in [1.807, 2.05) is 6.92 Å². The summed E-state index contributed by atoms with van der Waals surface area (Å²) in [5.74, 6) is 1.21. The second kappa shape index (κ2) is 6.39. The topological polar surface area (TPSA) is 106 Å². The molecular weight excluding hydrogens is 339 g/mol. The molecule has 0 unspecified atom stereocenters. The van der Waals surface area contributed by atoms with Crippen LogP contribution in [0.15, 0.2) is 36.8 Å². The van der Waals surface area contributed by atoms with Crippen molar-refractivity contribution >= 4 is 22.8 Å². The van der Waals surface area contributed by atoms with Gasteiger partial charge in [-0.15, -0.1) is 0 Å². The summed E-state index contributed by atoms with van der Waals surface area (Å²) >= 11 is 0. The van der Waals surface area contributed by atoms with Gasteiger partial charge in [-0.3, -0.25) is 4.98 Å². The van der Waals surface area contributed by atoms with Crippen LogP contribution < -0.4 is 10.1 Å². The molecule has 0 bridgehead atoms. The molecule has 9 nitrogen and oxygen atoms in total. The summed E-state index contributed by atoms with van der Waals surface area (Å²) in [4.78, 5) is 13.1. The Balaban J connectivity index is 1.68. The molecule has 132 valence electrons. The molecule has 0 amide bonds. The van der Waals surface area contributed by atoms with E-state index in [4.69, 9.17) is 4.74 Å². The third-order valence-electron chi connectivity index (χ3n) is 3.87. The molecule has 4 heterocycles. The molecule has 26 heavy (non-hydrogen) atoms. The summed E-state index contributed by atoms with van der Waals surface area (Å²) in [6.07, 6.45) is 4.62. The SMILES string of the molecule is COc1cc(Nc2cnc3cnn([C@@H](C)c4cc(F)ccn4)c3n2)n[nH]1. The molecule has 10 heteroatoms. The van der Waals surface area contributed by atoms with Crippen LogP contribution in [-0.4, -0.2) is 42.0 Å². The fraction of sp³-hybridized carbons (Fsp3) is 0.188.